The van der Waals surface area contributed by atoms with Crippen molar-refractivity contribution in [2.45, 2.75) is 146 Å². The van der Waals surface area contributed by atoms with Crippen molar-refractivity contribution in [2.75, 3.05) is 33.5 Å². The Bertz CT molecular complexity index is 2550. The molecule has 0 aromatic heterocycles. The Hall–Kier alpha value is -5.93. The monoisotopic (exact) mass is 1080 g/mol. The number of benzene rings is 5. The summed E-state index contributed by atoms with van der Waals surface area (Å²) in [6.07, 6.45) is -9.02. The molecular formula is C61H73NO16. The van der Waals surface area contributed by atoms with Gasteiger partial charge in [0, 0.05) is 38.9 Å². The first-order valence-corrected chi connectivity index (χ1v) is 26.7. The lowest BCUT2D eigenvalue weighted by atomic mass is 9.87. The second-order valence-corrected chi connectivity index (χ2v) is 19.7. The number of fused-ring (bicyclic) bond motifs is 1. The van der Waals surface area contributed by atoms with E-state index in [2.05, 4.69) is 5.32 Å². The molecule has 1 amide bonds. The van der Waals surface area contributed by atoms with Crippen LogP contribution in [0.1, 0.15) is 80.1 Å². The molecule has 3 saturated heterocycles. The minimum absolute atomic E-state index is 0.0000321. The normalized spacial score (nSPS) is 25.7. The van der Waals surface area contributed by atoms with Crippen LogP contribution in [0.2, 0.25) is 0 Å². The van der Waals surface area contributed by atoms with Crippen molar-refractivity contribution in [2.24, 2.45) is 0 Å². The number of aliphatic hydroxyl groups excluding tert-OH is 1. The quantitative estimate of drug-likeness (QED) is 0.0363. The van der Waals surface area contributed by atoms with Gasteiger partial charge in [-0.25, -0.2) is 0 Å². The molecule has 17 nitrogen and oxygen atoms in total. The molecule has 12 atom stereocenters. The number of unbranched alkanes of at least 4 members (excludes halogenated alkanes) is 2. The number of methoxy groups -OCH3 is 1. The molecule has 5 aromatic rings. The number of hydrogen-bond donors (Lipinski definition) is 2. The third kappa shape index (κ3) is 17.0. The Kier molecular flexibility index (Phi) is 22.3. The SMILES string of the molecule is COC(=O)CCCCCO[C@@H]1O[C@@H]2CO[C@H](c3ccccc3)O[C@@H]2[C@H](O[C@@]2(COC(C)=O)C[C@H](OCc3ccccc3)[C@@H](NC(C)=O)[C@H]([C@H](OCc3ccccc3)[C@@H](COCc3ccccc3)OCc3ccccc3)O2)[C@H]1O. The van der Waals surface area contributed by atoms with Crippen LogP contribution >= 0.6 is 0 Å². The molecule has 0 unspecified atom stereocenters. The average Bonchev–Trinajstić information content (AvgIpc) is 3.49. The van der Waals surface area contributed by atoms with Gasteiger partial charge in [-0.15, -0.1) is 0 Å². The minimum atomic E-state index is -1.97. The van der Waals surface area contributed by atoms with Crippen LogP contribution in [0.15, 0.2) is 152 Å². The fourth-order valence-electron chi connectivity index (χ4n) is 9.82. The van der Waals surface area contributed by atoms with Crippen LogP contribution in [-0.2, 0) is 97.7 Å². The molecular weight excluding hydrogens is 1000 g/mol. The van der Waals surface area contributed by atoms with Gasteiger partial charge in [0.25, 0.3) is 0 Å². The zero-order chi connectivity index (χ0) is 54.5. The Morgan fingerprint density at radius 2 is 1.29 bits per heavy atom. The molecule has 0 saturated carbocycles. The van der Waals surface area contributed by atoms with E-state index >= 15 is 0 Å². The van der Waals surface area contributed by atoms with Crippen LogP contribution in [0, 0.1) is 0 Å². The summed E-state index contributed by atoms with van der Waals surface area (Å²) in [5, 5.41) is 15.8. The standard InChI is InChI=1S/C61H73NO16/c1-42(63)62-53-49(70-36-45-24-12-5-13-25-45)34-61(41-74-43(2)64,78-58-54(66)60(69-33-21-9-20-32-52(65)67-3)75-51-40-73-59(76-56(51)58)48-30-18-8-19-31-48)77-57(53)55(72-38-47-28-16-7-17-29-47)50(71-37-46-26-14-6-15-27-46)39-68-35-44-22-10-4-11-23-44/h4-8,10-19,22-31,49-51,53-60,66H,9,20-21,32-41H2,1-3H3,(H,62,63)/t49-,50+,51+,53+,54+,55+,56-,57+,58+,59-,60+,61+/m0/s1. The van der Waals surface area contributed by atoms with Crippen LogP contribution < -0.4 is 5.32 Å². The van der Waals surface area contributed by atoms with E-state index in [1.807, 2.05) is 152 Å². The van der Waals surface area contributed by atoms with E-state index in [1.165, 1.54) is 21.0 Å². The van der Waals surface area contributed by atoms with Gasteiger partial charge in [0.2, 0.25) is 11.7 Å². The van der Waals surface area contributed by atoms with Crippen LogP contribution in [0.5, 0.6) is 0 Å². The van der Waals surface area contributed by atoms with Crippen molar-refractivity contribution in [3.8, 4) is 0 Å². The number of hydrogen-bond acceptors (Lipinski definition) is 16. The zero-order valence-corrected chi connectivity index (χ0v) is 44.5. The van der Waals surface area contributed by atoms with Crippen molar-refractivity contribution >= 4 is 17.8 Å². The van der Waals surface area contributed by atoms with Gasteiger partial charge >= 0.3 is 11.9 Å². The lowest BCUT2D eigenvalue weighted by Gasteiger charge is -2.54. The number of aliphatic hydroxyl groups is 1. The van der Waals surface area contributed by atoms with E-state index < -0.39 is 85.8 Å². The molecule has 5 aromatic carbocycles. The molecule has 78 heavy (non-hydrogen) atoms. The maximum atomic E-state index is 13.6. The molecule has 0 radical (unpaired) electrons. The fourth-order valence-corrected chi connectivity index (χ4v) is 9.82. The Morgan fingerprint density at radius 3 is 1.90 bits per heavy atom. The highest BCUT2D eigenvalue weighted by Gasteiger charge is 2.59. The van der Waals surface area contributed by atoms with E-state index in [9.17, 15) is 19.5 Å². The second-order valence-electron chi connectivity index (χ2n) is 19.7. The zero-order valence-electron chi connectivity index (χ0n) is 44.5. The predicted molar refractivity (Wildman–Crippen MR) is 284 cm³/mol. The van der Waals surface area contributed by atoms with Gasteiger partial charge in [-0.3, -0.25) is 14.4 Å². The number of amides is 1. The first-order chi connectivity index (χ1) is 38.1. The molecule has 3 aliphatic heterocycles. The van der Waals surface area contributed by atoms with Crippen molar-refractivity contribution in [3.63, 3.8) is 0 Å². The number of rotatable bonds is 28. The number of carbonyl (C=O) groups is 3. The van der Waals surface area contributed by atoms with Crippen LogP contribution in [0.3, 0.4) is 0 Å². The van der Waals surface area contributed by atoms with E-state index in [0.717, 1.165) is 27.8 Å². The molecule has 0 bridgehead atoms. The first kappa shape index (κ1) is 58.2. The molecule has 17 heteroatoms. The van der Waals surface area contributed by atoms with Gasteiger partial charge in [0.05, 0.1) is 58.9 Å². The van der Waals surface area contributed by atoms with Crippen molar-refractivity contribution in [3.05, 3.63) is 179 Å². The summed E-state index contributed by atoms with van der Waals surface area (Å²) in [5.74, 6) is -3.28. The van der Waals surface area contributed by atoms with E-state index in [1.54, 1.807) is 0 Å². The lowest BCUT2D eigenvalue weighted by Crippen LogP contribution is -2.70. The number of nitrogens with one attached hydrogen (secondary N) is 1. The lowest BCUT2D eigenvalue weighted by molar-refractivity contribution is -0.410. The smallest absolute Gasteiger partial charge is 0.305 e. The third-order valence-corrected chi connectivity index (χ3v) is 13.7. The minimum Gasteiger partial charge on any atom is -0.469 e. The van der Waals surface area contributed by atoms with E-state index in [4.69, 9.17) is 56.8 Å². The largest absolute Gasteiger partial charge is 0.469 e. The Labute approximate surface area is 456 Å². The highest BCUT2D eigenvalue weighted by atomic mass is 16.8. The summed E-state index contributed by atoms with van der Waals surface area (Å²) in [5.41, 5.74) is 4.24. The second kappa shape index (κ2) is 29.9. The van der Waals surface area contributed by atoms with E-state index in [-0.39, 0.29) is 71.0 Å². The summed E-state index contributed by atoms with van der Waals surface area (Å²) < 4.78 is 78.6. The summed E-state index contributed by atoms with van der Waals surface area (Å²) in [7, 11) is 1.35. The summed E-state index contributed by atoms with van der Waals surface area (Å²) in [6.45, 7) is 2.96. The van der Waals surface area contributed by atoms with Crippen molar-refractivity contribution in [1.82, 2.24) is 5.32 Å². The van der Waals surface area contributed by atoms with Gasteiger partial charge in [-0.2, -0.15) is 0 Å². The van der Waals surface area contributed by atoms with Gasteiger partial charge in [-0.1, -0.05) is 158 Å². The molecule has 2 N–H and O–H groups in total. The van der Waals surface area contributed by atoms with Crippen molar-refractivity contribution < 1.29 is 76.3 Å². The van der Waals surface area contributed by atoms with E-state index in [0.29, 0.717) is 19.3 Å². The predicted octanol–water partition coefficient (Wildman–Crippen LogP) is 7.85. The van der Waals surface area contributed by atoms with Gasteiger partial charge in [-0.05, 0) is 35.1 Å². The summed E-state index contributed by atoms with van der Waals surface area (Å²) >= 11 is 0. The van der Waals surface area contributed by atoms with Crippen molar-refractivity contribution in [1.29, 1.82) is 0 Å². The topological polar surface area (TPSA) is 194 Å². The molecule has 3 fully saturated rings. The highest BCUT2D eigenvalue weighted by molar-refractivity contribution is 5.73. The third-order valence-electron chi connectivity index (χ3n) is 13.7. The number of carbonyl (C=O) groups excluding carboxylic acids is 3. The van der Waals surface area contributed by atoms with Gasteiger partial charge in [0.1, 0.15) is 49.3 Å². The first-order valence-electron chi connectivity index (χ1n) is 26.7. The molecule has 3 aliphatic rings. The average molecular weight is 1080 g/mol. The van der Waals surface area contributed by atoms with Gasteiger partial charge in [0.15, 0.2) is 12.6 Å². The highest BCUT2D eigenvalue weighted by Crippen LogP contribution is 2.43. The number of esters is 2. The maximum Gasteiger partial charge on any atom is 0.305 e. The molecule has 0 spiro atoms. The van der Waals surface area contributed by atoms with Crippen LogP contribution in [-0.4, -0.2) is 123 Å². The van der Waals surface area contributed by atoms with Crippen LogP contribution in [0.4, 0.5) is 0 Å². The molecule has 418 valence electrons. The summed E-state index contributed by atoms with van der Waals surface area (Å²) in [6, 6.07) is 47.1. The number of ether oxygens (including phenoxy) is 12. The molecule has 8 rings (SSSR count). The molecule has 0 aliphatic carbocycles. The van der Waals surface area contributed by atoms with Gasteiger partial charge < -0.3 is 67.3 Å². The molecule has 3 heterocycles. The van der Waals surface area contributed by atoms with Crippen LogP contribution in [0.25, 0.3) is 0 Å². The Morgan fingerprint density at radius 1 is 0.705 bits per heavy atom. The fraction of sp³-hybridized carbons (Fsp3) is 0.459. The Balaban J connectivity index is 1.21. The maximum absolute atomic E-state index is 13.6. The summed E-state index contributed by atoms with van der Waals surface area (Å²) in [4.78, 5) is 38.5.